The number of hydrogen-bond donors (Lipinski definition) is 0. The topological polar surface area (TPSA) is 20.3 Å². The number of nitrogens with zero attached hydrogens (tertiary/aromatic N) is 1. The monoisotopic (exact) mass is 387 g/mol. The average Bonchev–Trinajstić information content (AvgIpc) is 2.76. The number of carbonyl (C=O) groups excluding carboxylic acids is 1. The third-order valence-electron chi connectivity index (χ3n) is 5.22. The molecular weight excluding hydrogens is 362 g/mol. The highest BCUT2D eigenvalue weighted by atomic mass is 32.2. The Hall–Kier alpha value is -2.52. The Morgan fingerprint density at radius 1 is 0.714 bits per heavy atom. The molecule has 1 saturated heterocycles. The summed E-state index contributed by atoms with van der Waals surface area (Å²) in [6.07, 6.45) is 3.84. The lowest BCUT2D eigenvalue weighted by molar-refractivity contribution is 0.103. The molecule has 2 nitrogen and oxygen atoms in total. The highest BCUT2D eigenvalue weighted by Crippen LogP contribution is 2.28. The molecule has 0 atom stereocenters. The third kappa shape index (κ3) is 4.48. The molecule has 0 unspecified atom stereocenters. The molecule has 1 aliphatic rings. The second-order valence-electron chi connectivity index (χ2n) is 7.36. The van der Waals surface area contributed by atoms with E-state index in [0.29, 0.717) is 0 Å². The molecule has 28 heavy (non-hydrogen) atoms. The number of ketones is 1. The summed E-state index contributed by atoms with van der Waals surface area (Å²) >= 11 is 1.71. The van der Waals surface area contributed by atoms with Gasteiger partial charge in [0.25, 0.3) is 0 Å². The molecule has 0 saturated carbocycles. The van der Waals surface area contributed by atoms with E-state index in [1.807, 2.05) is 36.4 Å². The zero-order valence-electron chi connectivity index (χ0n) is 16.2. The molecule has 142 valence electrons. The molecule has 3 heteroatoms. The largest absolute Gasteiger partial charge is 0.372 e. The molecule has 0 radical (unpaired) electrons. The molecule has 0 spiro atoms. The lowest BCUT2D eigenvalue weighted by atomic mass is 10.0. The van der Waals surface area contributed by atoms with E-state index in [1.54, 1.807) is 11.8 Å². The van der Waals surface area contributed by atoms with Crippen molar-refractivity contribution in [3.8, 4) is 0 Å². The standard InChI is InChI=1S/C25H25NOS/c1-19-5-13-23(14-6-19)28-24-15-9-21(10-16-24)25(27)20-7-11-22(12-8-20)26-17-3-2-4-18-26/h5-16H,2-4,17-18H2,1H3. The smallest absolute Gasteiger partial charge is 0.193 e. The van der Waals surface area contributed by atoms with E-state index in [-0.39, 0.29) is 5.78 Å². The van der Waals surface area contributed by atoms with Crippen LogP contribution in [-0.4, -0.2) is 18.9 Å². The van der Waals surface area contributed by atoms with Crippen LogP contribution < -0.4 is 4.90 Å². The first-order chi connectivity index (χ1) is 13.7. The third-order valence-corrected chi connectivity index (χ3v) is 6.24. The first-order valence-corrected chi connectivity index (χ1v) is 10.7. The van der Waals surface area contributed by atoms with Crippen molar-refractivity contribution < 1.29 is 4.79 Å². The lowest BCUT2D eigenvalue weighted by Gasteiger charge is -2.28. The summed E-state index contributed by atoms with van der Waals surface area (Å²) in [6, 6.07) is 24.5. The zero-order valence-corrected chi connectivity index (χ0v) is 17.0. The number of hydrogen-bond acceptors (Lipinski definition) is 3. The predicted molar refractivity (Wildman–Crippen MR) is 118 cm³/mol. The Kier molecular flexibility index (Phi) is 5.82. The molecular formula is C25H25NOS. The van der Waals surface area contributed by atoms with Crippen molar-refractivity contribution in [3.05, 3.63) is 89.5 Å². The minimum absolute atomic E-state index is 0.0806. The molecule has 1 heterocycles. The lowest BCUT2D eigenvalue weighted by Crippen LogP contribution is -2.29. The van der Waals surface area contributed by atoms with Gasteiger partial charge in [0.1, 0.15) is 0 Å². The molecule has 4 rings (SSSR count). The minimum Gasteiger partial charge on any atom is -0.372 e. The number of piperidine rings is 1. The quantitative estimate of drug-likeness (QED) is 0.475. The van der Waals surface area contributed by atoms with Crippen LogP contribution in [0.5, 0.6) is 0 Å². The summed E-state index contributed by atoms with van der Waals surface area (Å²) in [6.45, 7) is 4.33. The molecule has 0 aliphatic carbocycles. The fraction of sp³-hybridized carbons (Fsp3) is 0.240. The Bertz CT molecular complexity index is 924. The molecule has 1 aliphatic heterocycles. The van der Waals surface area contributed by atoms with Crippen LogP contribution in [-0.2, 0) is 0 Å². The number of rotatable bonds is 5. The highest BCUT2D eigenvalue weighted by Gasteiger charge is 2.13. The summed E-state index contributed by atoms with van der Waals surface area (Å²) in [5.41, 5.74) is 3.97. The Morgan fingerprint density at radius 2 is 1.21 bits per heavy atom. The summed E-state index contributed by atoms with van der Waals surface area (Å²) in [7, 11) is 0. The summed E-state index contributed by atoms with van der Waals surface area (Å²) in [5, 5.41) is 0. The van der Waals surface area contributed by atoms with E-state index >= 15 is 0 Å². The first-order valence-electron chi connectivity index (χ1n) is 9.93. The van der Waals surface area contributed by atoms with E-state index in [0.717, 1.165) is 29.1 Å². The van der Waals surface area contributed by atoms with Gasteiger partial charge in [-0.2, -0.15) is 0 Å². The molecule has 1 fully saturated rings. The molecule has 3 aromatic carbocycles. The SMILES string of the molecule is Cc1ccc(Sc2ccc(C(=O)c3ccc(N4CCCCC4)cc3)cc2)cc1. The highest BCUT2D eigenvalue weighted by molar-refractivity contribution is 7.99. The van der Waals surface area contributed by atoms with Crippen LogP contribution in [0.15, 0.2) is 82.6 Å². The van der Waals surface area contributed by atoms with E-state index in [4.69, 9.17) is 0 Å². The van der Waals surface area contributed by atoms with Gasteiger partial charge in [-0.1, -0.05) is 29.5 Å². The van der Waals surface area contributed by atoms with Crippen LogP contribution in [0.3, 0.4) is 0 Å². The minimum atomic E-state index is 0.0806. The van der Waals surface area contributed by atoms with Gasteiger partial charge in [-0.05, 0) is 86.8 Å². The zero-order chi connectivity index (χ0) is 19.3. The maximum Gasteiger partial charge on any atom is 0.193 e. The maximum atomic E-state index is 12.8. The van der Waals surface area contributed by atoms with Crippen LogP contribution in [0.1, 0.15) is 40.7 Å². The maximum absolute atomic E-state index is 12.8. The first kappa shape index (κ1) is 18.8. The summed E-state index contributed by atoms with van der Waals surface area (Å²) in [4.78, 5) is 17.6. The van der Waals surface area contributed by atoms with Gasteiger partial charge in [0, 0.05) is 39.7 Å². The molecule has 0 amide bonds. The second kappa shape index (κ2) is 8.66. The number of aryl methyl sites for hydroxylation is 1. The van der Waals surface area contributed by atoms with Crippen LogP contribution >= 0.6 is 11.8 Å². The number of carbonyl (C=O) groups is 1. The normalized spacial score (nSPS) is 14.1. The van der Waals surface area contributed by atoms with Crippen molar-refractivity contribution in [1.82, 2.24) is 0 Å². The molecule has 0 aromatic heterocycles. The van der Waals surface area contributed by atoms with E-state index in [1.165, 1.54) is 35.4 Å². The van der Waals surface area contributed by atoms with Crippen LogP contribution in [0, 0.1) is 6.92 Å². The van der Waals surface area contributed by atoms with Crippen molar-refractivity contribution >= 4 is 23.2 Å². The fourth-order valence-corrected chi connectivity index (χ4v) is 4.38. The van der Waals surface area contributed by atoms with Crippen molar-refractivity contribution in [3.63, 3.8) is 0 Å². The van der Waals surface area contributed by atoms with Gasteiger partial charge >= 0.3 is 0 Å². The number of benzene rings is 3. The van der Waals surface area contributed by atoms with Crippen molar-refractivity contribution in [1.29, 1.82) is 0 Å². The van der Waals surface area contributed by atoms with Crippen LogP contribution in [0.4, 0.5) is 5.69 Å². The van der Waals surface area contributed by atoms with Crippen molar-refractivity contribution in [2.24, 2.45) is 0 Å². The fourth-order valence-electron chi connectivity index (χ4n) is 3.56. The second-order valence-corrected chi connectivity index (χ2v) is 8.51. The molecule has 3 aromatic rings. The average molecular weight is 388 g/mol. The van der Waals surface area contributed by atoms with Gasteiger partial charge in [-0.3, -0.25) is 4.79 Å². The summed E-state index contributed by atoms with van der Waals surface area (Å²) in [5.74, 6) is 0.0806. The summed E-state index contributed by atoms with van der Waals surface area (Å²) < 4.78 is 0. The van der Waals surface area contributed by atoms with Gasteiger partial charge in [-0.25, -0.2) is 0 Å². The Morgan fingerprint density at radius 3 is 1.79 bits per heavy atom. The molecule has 0 N–H and O–H groups in total. The van der Waals surface area contributed by atoms with Gasteiger partial charge in [0.05, 0.1) is 0 Å². The van der Waals surface area contributed by atoms with Crippen molar-refractivity contribution in [2.75, 3.05) is 18.0 Å². The van der Waals surface area contributed by atoms with Gasteiger partial charge in [-0.15, -0.1) is 0 Å². The van der Waals surface area contributed by atoms with Gasteiger partial charge < -0.3 is 4.90 Å². The van der Waals surface area contributed by atoms with E-state index < -0.39 is 0 Å². The van der Waals surface area contributed by atoms with Gasteiger partial charge in [0.15, 0.2) is 5.78 Å². The Labute approximate surface area is 171 Å². The van der Waals surface area contributed by atoms with E-state index in [9.17, 15) is 4.79 Å². The van der Waals surface area contributed by atoms with Crippen molar-refractivity contribution in [2.45, 2.75) is 36.0 Å². The predicted octanol–water partition coefficient (Wildman–Crippen LogP) is 6.37. The van der Waals surface area contributed by atoms with E-state index in [2.05, 4.69) is 48.2 Å². The Balaban J connectivity index is 1.43. The van der Waals surface area contributed by atoms with Crippen LogP contribution in [0.25, 0.3) is 0 Å². The molecule has 0 bridgehead atoms. The number of anilines is 1. The van der Waals surface area contributed by atoms with Gasteiger partial charge in [0.2, 0.25) is 0 Å². The van der Waals surface area contributed by atoms with Crippen LogP contribution in [0.2, 0.25) is 0 Å².